The van der Waals surface area contributed by atoms with Crippen molar-refractivity contribution in [3.8, 4) is 11.4 Å². The van der Waals surface area contributed by atoms with Crippen molar-refractivity contribution < 1.29 is 17.7 Å². The van der Waals surface area contributed by atoms with Crippen LogP contribution in [-0.2, 0) is 15.7 Å². The second-order valence-electron chi connectivity index (χ2n) is 4.97. The van der Waals surface area contributed by atoms with Crippen LogP contribution in [-0.4, -0.2) is 33.8 Å². The van der Waals surface area contributed by atoms with E-state index >= 15 is 0 Å². The summed E-state index contributed by atoms with van der Waals surface area (Å²) in [5.41, 5.74) is -0.131. The van der Waals surface area contributed by atoms with E-state index in [-0.39, 0.29) is 0 Å². The molecule has 2 rings (SSSR count). The van der Waals surface area contributed by atoms with Gasteiger partial charge in [-0.2, -0.15) is 8.42 Å². The van der Waals surface area contributed by atoms with Crippen LogP contribution in [0.3, 0.4) is 0 Å². The Kier molecular flexibility index (Phi) is 3.78. The molecule has 0 aromatic carbocycles. The van der Waals surface area contributed by atoms with Gasteiger partial charge in [0.05, 0.1) is 0 Å². The van der Waals surface area contributed by atoms with Crippen LogP contribution in [0.4, 0.5) is 0 Å². The van der Waals surface area contributed by atoms with E-state index in [0.717, 1.165) is 5.56 Å². The van der Waals surface area contributed by atoms with Gasteiger partial charge in [-0.1, -0.05) is 4.68 Å². The van der Waals surface area contributed by atoms with Crippen LogP contribution < -0.4 is 4.68 Å². The van der Waals surface area contributed by atoms with Crippen molar-refractivity contribution in [3.63, 3.8) is 0 Å². The monoisotopic (exact) mass is 295 g/mol. The molecule has 0 bridgehead atoms. The highest BCUT2D eigenvalue weighted by Gasteiger charge is 2.35. The van der Waals surface area contributed by atoms with Gasteiger partial charge in [0, 0.05) is 37.9 Å². The van der Waals surface area contributed by atoms with Crippen molar-refractivity contribution in [3.05, 3.63) is 36.9 Å². The molecule has 8 heteroatoms. The van der Waals surface area contributed by atoms with Gasteiger partial charge >= 0.3 is 0 Å². The zero-order valence-electron chi connectivity index (χ0n) is 11.1. The first kappa shape index (κ1) is 14.5. The summed E-state index contributed by atoms with van der Waals surface area (Å²) in [6.45, 7) is 3.35. The SMILES string of the molecule is CC(C)(CS(=O)(=O)O)[n+]1ccc(-c2ncccn2)cn1. The number of hydrogen-bond acceptors (Lipinski definition) is 5. The molecule has 0 aliphatic heterocycles. The Morgan fingerprint density at radius 2 is 1.95 bits per heavy atom. The van der Waals surface area contributed by atoms with E-state index in [9.17, 15) is 8.42 Å². The van der Waals surface area contributed by atoms with Crippen LogP contribution >= 0.6 is 0 Å². The van der Waals surface area contributed by atoms with Crippen molar-refractivity contribution >= 4 is 10.1 Å². The molecule has 0 unspecified atom stereocenters. The van der Waals surface area contributed by atoms with Crippen LogP contribution in [0.25, 0.3) is 11.4 Å². The first-order valence-electron chi connectivity index (χ1n) is 5.89. The lowest BCUT2D eigenvalue weighted by Crippen LogP contribution is -2.58. The molecule has 0 spiro atoms. The lowest BCUT2D eigenvalue weighted by Gasteiger charge is -2.14. The first-order chi connectivity index (χ1) is 9.28. The third-order valence-electron chi connectivity index (χ3n) is 2.70. The van der Waals surface area contributed by atoms with Gasteiger partial charge in [0.2, 0.25) is 5.54 Å². The molecule has 7 nitrogen and oxygen atoms in total. The number of hydrogen-bond donors (Lipinski definition) is 1. The Bertz CT molecular complexity index is 684. The maximum atomic E-state index is 11.0. The lowest BCUT2D eigenvalue weighted by molar-refractivity contribution is -0.804. The Morgan fingerprint density at radius 3 is 2.45 bits per heavy atom. The number of rotatable bonds is 4. The molecule has 0 atom stereocenters. The Hall–Kier alpha value is -1.93. The molecule has 2 aromatic heterocycles. The van der Waals surface area contributed by atoms with Gasteiger partial charge in [-0.3, -0.25) is 4.55 Å². The minimum atomic E-state index is -4.08. The molecule has 2 heterocycles. The molecule has 2 aromatic rings. The van der Waals surface area contributed by atoms with Gasteiger partial charge in [0.25, 0.3) is 10.1 Å². The predicted molar refractivity (Wildman–Crippen MR) is 71.2 cm³/mol. The van der Waals surface area contributed by atoms with Crippen molar-refractivity contribution in [2.45, 2.75) is 19.4 Å². The second-order valence-corrected chi connectivity index (χ2v) is 6.42. The fourth-order valence-corrected chi connectivity index (χ4v) is 2.83. The van der Waals surface area contributed by atoms with Crippen molar-refractivity contribution in [2.24, 2.45) is 0 Å². The van der Waals surface area contributed by atoms with Gasteiger partial charge in [-0.15, -0.1) is 0 Å². The third kappa shape index (κ3) is 3.55. The molecule has 0 aliphatic carbocycles. The van der Waals surface area contributed by atoms with E-state index in [0.29, 0.717) is 5.82 Å². The molecule has 20 heavy (non-hydrogen) atoms. The summed E-state index contributed by atoms with van der Waals surface area (Å²) in [7, 11) is -4.08. The van der Waals surface area contributed by atoms with Gasteiger partial charge in [0.1, 0.15) is 11.9 Å². The van der Waals surface area contributed by atoms with E-state index < -0.39 is 21.4 Å². The molecule has 0 fully saturated rings. The second kappa shape index (κ2) is 5.22. The molecule has 0 aliphatic rings. The summed E-state index contributed by atoms with van der Waals surface area (Å²) in [5.74, 6) is 0.124. The minimum Gasteiger partial charge on any atom is -0.285 e. The van der Waals surface area contributed by atoms with Gasteiger partial charge in [0.15, 0.2) is 12.0 Å². The van der Waals surface area contributed by atoms with E-state index in [1.807, 2.05) is 0 Å². The third-order valence-corrected chi connectivity index (χ3v) is 3.77. The molecule has 1 N–H and O–H groups in total. The van der Waals surface area contributed by atoms with Crippen LogP contribution in [0.2, 0.25) is 0 Å². The molecule has 106 valence electrons. The molecule has 0 radical (unpaired) electrons. The summed E-state index contributed by atoms with van der Waals surface area (Å²) >= 11 is 0. The van der Waals surface area contributed by atoms with E-state index in [1.165, 1.54) is 4.68 Å². The van der Waals surface area contributed by atoms with Gasteiger partial charge < -0.3 is 0 Å². The van der Waals surface area contributed by atoms with Crippen molar-refractivity contribution in [2.75, 3.05) is 5.75 Å². The molecule has 0 saturated carbocycles. The highest BCUT2D eigenvalue weighted by atomic mass is 32.2. The van der Waals surface area contributed by atoms with Gasteiger partial charge in [-0.05, 0) is 11.2 Å². The topological polar surface area (TPSA) is 96.9 Å². The summed E-state index contributed by atoms with van der Waals surface area (Å²) in [6.07, 6.45) is 6.45. The molecular formula is C12H15N4O3S+. The maximum Gasteiger partial charge on any atom is 0.271 e. The number of nitrogens with zero attached hydrogens (tertiary/aromatic N) is 4. The van der Waals surface area contributed by atoms with Crippen LogP contribution in [0.5, 0.6) is 0 Å². The Labute approximate surface area is 117 Å². The summed E-state index contributed by atoms with van der Waals surface area (Å²) < 4.78 is 32.4. The standard InChI is InChI=1S/C12H14N4O3S/c1-12(2,9-20(17,18)19)16-7-4-10(8-15-16)11-13-5-3-6-14-11/h3-8H,9H2,1-2H3/p+1. The first-order valence-corrected chi connectivity index (χ1v) is 7.50. The van der Waals surface area contributed by atoms with Crippen LogP contribution in [0.1, 0.15) is 13.8 Å². The summed E-state index contributed by atoms with van der Waals surface area (Å²) in [4.78, 5) is 8.21. The van der Waals surface area contributed by atoms with E-state index in [1.54, 1.807) is 50.8 Å². The normalized spacial score (nSPS) is 12.3. The lowest BCUT2D eigenvalue weighted by atomic mass is 10.1. The fraction of sp³-hybridized carbons (Fsp3) is 0.333. The fourth-order valence-electron chi connectivity index (χ4n) is 1.81. The zero-order valence-corrected chi connectivity index (χ0v) is 11.9. The molecular weight excluding hydrogens is 280 g/mol. The van der Waals surface area contributed by atoms with Crippen molar-refractivity contribution in [1.82, 2.24) is 15.1 Å². The van der Waals surface area contributed by atoms with Gasteiger partial charge in [-0.25, -0.2) is 9.97 Å². The predicted octanol–water partition coefficient (Wildman–Crippen LogP) is 0.449. The highest BCUT2D eigenvalue weighted by molar-refractivity contribution is 7.85. The number of aromatic nitrogens is 4. The summed E-state index contributed by atoms with van der Waals surface area (Å²) in [5, 5.41) is 4.17. The minimum absolute atomic E-state index is 0.418. The zero-order chi connectivity index (χ0) is 14.8. The quantitative estimate of drug-likeness (QED) is 0.649. The summed E-state index contributed by atoms with van der Waals surface area (Å²) in [6, 6.07) is 3.46. The maximum absolute atomic E-state index is 11.0. The van der Waals surface area contributed by atoms with Crippen LogP contribution in [0, 0.1) is 0 Å². The average molecular weight is 295 g/mol. The van der Waals surface area contributed by atoms with Crippen LogP contribution in [0.15, 0.2) is 36.9 Å². The van der Waals surface area contributed by atoms with E-state index in [2.05, 4.69) is 15.1 Å². The van der Waals surface area contributed by atoms with E-state index in [4.69, 9.17) is 4.55 Å². The average Bonchev–Trinajstić information content (AvgIpc) is 2.37. The molecule has 0 amide bonds. The smallest absolute Gasteiger partial charge is 0.271 e. The van der Waals surface area contributed by atoms with Crippen molar-refractivity contribution in [1.29, 1.82) is 0 Å². The largest absolute Gasteiger partial charge is 0.285 e. The molecule has 0 saturated heterocycles. The Balaban J connectivity index is 2.29. The Morgan fingerprint density at radius 1 is 1.30 bits per heavy atom. The highest BCUT2D eigenvalue weighted by Crippen LogP contribution is 2.12.